The molecular weight excluding hydrogens is 248 g/mol. The average Bonchev–Trinajstić information content (AvgIpc) is 2.43. The van der Waals surface area contributed by atoms with Gasteiger partial charge < -0.3 is 4.74 Å². The summed E-state index contributed by atoms with van der Waals surface area (Å²) in [5.74, 6) is 12.2. The number of allylic oxidation sites excluding steroid dienone is 1. The largest absolute Gasteiger partial charge is 0.465 e. The van der Waals surface area contributed by atoms with Crippen molar-refractivity contribution < 1.29 is 9.53 Å². The van der Waals surface area contributed by atoms with Crippen molar-refractivity contribution in [2.75, 3.05) is 6.61 Å². The van der Waals surface area contributed by atoms with Crippen molar-refractivity contribution in [3.8, 4) is 23.7 Å². The molecule has 0 spiro atoms. The predicted molar refractivity (Wildman–Crippen MR) is 83.9 cm³/mol. The monoisotopic (exact) mass is 274 g/mol. The molecule has 0 amide bonds. The standard InChI is InChI=1S/C18H26O2/c1-4-6-8-9-10-12-14-18(19)20-16-15-17(3)13-11-7-5-2/h10,12,17H,8-9,11,13-16H2,1-3H3/b12-10+. The van der Waals surface area contributed by atoms with Crippen LogP contribution in [0.15, 0.2) is 12.2 Å². The van der Waals surface area contributed by atoms with Crippen LogP contribution >= 0.6 is 0 Å². The summed E-state index contributed by atoms with van der Waals surface area (Å²) in [5, 5.41) is 0. The summed E-state index contributed by atoms with van der Waals surface area (Å²) in [6.45, 7) is 6.36. The van der Waals surface area contributed by atoms with Gasteiger partial charge in [-0.2, -0.15) is 0 Å². The topological polar surface area (TPSA) is 26.3 Å². The minimum Gasteiger partial charge on any atom is -0.465 e. The summed E-state index contributed by atoms with van der Waals surface area (Å²) in [6.07, 6.45) is 8.84. The smallest absolute Gasteiger partial charge is 0.309 e. The van der Waals surface area contributed by atoms with E-state index in [0.29, 0.717) is 18.9 Å². The first-order valence-electron chi connectivity index (χ1n) is 7.30. The van der Waals surface area contributed by atoms with Gasteiger partial charge in [-0.1, -0.05) is 19.1 Å². The van der Waals surface area contributed by atoms with E-state index in [-0.39, 0.29) is 5.97 Å². The second-order valence-corrected chi connectivity index (χ2v) is 4.72. The molecule has 0 aromatic heterocycles. The van der Waals surface area contributed by atoms with Crippen LogP contribution in [0.25, 0.3) is 0 Å². The van der Waals surface area contributed by atoms with Gasteiger partial charge in [0, 0.05) is 12.8 Å². The molecule has 2 heteroatoms. The molecule has 0 rings (SSSR count). The molecule has 0 fully saturated rings. The zero-order chi connectivity index (χ0) is 15.1. The predicted octanol–water partition coefficient (Wildman–Crippen LogP) is 4.11. The van der Waals surface area contributed by atoms with E-state index in [1.807, 2.05) is 26.0 Å². The molecule has 0 aromatic rings. The number of carbonyl (C=O) groups is 1. The Kier molecular flexibility index (Phi) is 12.6. The number of carbonyl (C=O) groups excluding carboxylic acids is 1. The van der Waals surface area contributed by atoms with Gasteiger partial charge in [0.2, 0.25) is 0 Å². The van der Waals surface area contributed by atoms with Gasteiger partial charge in [0.25, 0.3) is 0 Å². The maximum Gasteiger partial charge on any atom is 0.309 e. The maximum atomic E-state index is 11.4. The van der Waals surface area contributed by atoms with Crippen molar-refractivity contribution >= 4 is 5.97 Å². The van der Waals surface area contributed by atoms with Crippen molar-refractivity contribution in [1.82, 2.24) is 0 Å². The Morgan fingerprint density at radius 3 is 2.50 bits per heavy atom. The third-order valence-electron chi connectivity index (χ3n) is 2.88. The molecule has 110 valence electrons. The van der Waals surface area contributed by atoms with E-state index < -0.39 is 0 Å². The molecule has 0 aliphatic carbocycles. The van der Waals surface area contributed by atoms with E-state index in [1.54, 1.807) is 0 Å². The summed E-state index contributed by atoms with van der Waals surface area (Å²) in [4.78, 5) is 11.4. The summed E-state index contributed by atoms with van der Waals surface area (Å²) < 4.78 is 5.19. The fraction of sp³-hybridized carbons (Fsp3) is 0.611. The van der Waals surface area contributed by atoms with Gasteiger partial charge in [-0.3, -0.25) is 4.79 Å². The summed E-state index contributed by atoms with van der Waals surface area (Å²) in [5.41, 5.74) is 0. The number of esters is 1. The van der Waals surface area contributed by atoms with Gasteiger partial charge in [-0.05, 0) is 39.0 Å². The van der Waals surface area contributed by atoms with E-state index in [2.05, 4.69) is 30.6 Å². The molecule has 0 aliphatic rings. The number of unbranched alkanes of at least 4 members (excludes halogenated alkanes) is 1. The van der Waals surface area contributed by atoms with E-state index in [4.69, 9.17) is 4.74 Å². The molecular formula is C18H26O2. The Bertz CT molecular complexity index is 399. The molecule has 0 N–H and O–H groups in total. The number of hydrogen-bond donors (Lipinski definition) is 0. The highest BCUT2D eigenvalue weighted by molar-refractivity contribution is 5.71. The molecule has 0 aromatic carbocycles. The number of rotatable bonds is 9. The fourth-order valence-corrected chi connectivity index (χ4v) is 1.60. The second kappa shape index (κ2) is 13.8. The van der Waals surface area contributed by atoms with Crippen molar-refractivity contribution in [3.05, 3.63) is 12.2 Å². The average molecular weight is 274 g/mol. The van der Waals surface area contributed by atoms with Crippen LogP contribution < -0.4 is 0 Å². The van der Waals surface area contributed by atoms with Gasteiger partial charge in [-0.15, -0.1) is 23.7 Å². The maximum absolute atomic E-state index is 11.4. The Balaban J connectivity index is 3.56. The van der Waals surface area contributed by atoms with Crippen molar-refractivity contribution in [3.63, 3.8) is 0 Å². The minimum atomic E-state index is -0.150. The molecule has 1 atom stereocenters. The van der Waals surface area contributed by atoms with Crippen LogP contribution in [0.1, 0.15) is 59.3 Å². The van der Waals surface area contributed by atoms with E-state index in [9.17, 15) is 4.79 Å². The Morgan fingerprint density at radius 2 is 1.80 bits per heavy atom. The summed E-state index contributed by atoms with van der Waals surface area (Å²) in [6, 6.07) is 0. The van der Waals surface area contributed by atoms with E-state index >= 15 is 0 Å². The zero-order valence-electron chi connectivity index (χ0n) is 13.0. The van der Waals surface area contributed by atoms with Crippen molar-refractivity contribution in [1.29, 1.82) is 0 Å². The van der Waals surface area contributed by atoms with E-state index in [0.717, 1.165) is 32.1 Å². The Labute approximate surface area is 124 Å². The third kappa shape index (κ3) is 12.8. The third-order valence-corrected chi connectivity index (χ3v) is 2.88. The highest BCUT2D eigenvalue weighted by Crippen LogP contribution is 2.09. The first kappa shape index (κ1) is 18.3. The Hall–Kier alpha value is -1.67. The quantitative estimate of drug-likeness (QED) is 0.274. The Morgan fingerprint density at radius 1 is 1.10 bits per heavy atom. The van der Waals surface area contributed by atoms with E-state index in [1.165, 1.54) is 0 Å². The van der Waals surface area contributed by atoms with Crippen molar-refractivity contribution in [2.24, 2.45) is 5.92 Å². The molecule has 0 bridgehead atoms. The van der Waals surface area contributed by atoms with Gasteiger partial charge in [-0.25, -0.2) is 0 Å². The lowest BCUT2D eigenvalue weighted by molar-refractivity contribution is -0.142. The molecule has 2 nitrogen and oxygen atoms in total. The summed E-state index contributed by atoms with van der Waals surface area (Å²) in [7, 11) is 0. The second-order valence-electron chi connectivity index (χ2n) is 4.72. The van der Waals surface area contributed by atoms with Gasteiger partial charge in [0.05, 0.1) is 13.0 Å². The van der Waals surface area contributed by atoms with Crippen LogP contribution in [0, 0.1) is 29.6 Å². The van der Waals surface area contributed by atoms with Crippen LogP contribution in [0.4, 0.5) is 0 Å². The summed E-state index contributed by atoms with van der Waals surface area (Å²) >= 11 is 0. The van der Waals surface area contributed by atoms with Crippen LogP contribution in [0.5, 0.6) is 0 Å². The highest BCUT2D eigenvalue weighted by atomic mass is 16.5. The lowest BCUT2D eigenvalue weighted by atomic mass is 10.0. The SMILES string of the molecule is CC#CCC/C=C/CC(=O)OCCC(C)CCC#CC. The van der Waals surface area contributed by atoms with Gasteiger partial charge in [0.1, 0.15) is 0 Å². The molecule has 1 unspecified atom stereocenters. The lowest BCUT2D eigenvalue weighted by Crippen LogP contribution is -2.07. The number of ether oxygens (including phenoxy) is 1. The lowest BCUT2D eigenvalue weighted by Gasteiger charge is -2.09. The van der Waals surface area contributed by atoms with Gasteiger partial charge in [0.15, 0.2) is 0 Å². The first-order chi connectivity index (χ1) is 9.70. The highest BCUT2D eigenvalue weighted by Gasteiger charge is 2.04. The van der Waals surface area contributed by atoms with Gasteiger partial charge >= 0.3 is 5.97 Å². The molecule has 0 saturated carbocycles. The zero-order valence-corrected chi connectivity index (χ0v) is 13.0. The first-order valence-corrected chi connectivity index (χ1v) is 7.30. The molecule has 0 heterocycles. The minimum absolute atomic E-state index is 0.150. The normalized spacial score (nSPS) is 11.2. The molecule has 20 heavy (non-hydrogen) atoms. The molecule has 0 saturated heterocycles. The van der Waals surface area contributed by atoms with Crippen LogP contribution in [-0.2, 0) is 9.53 Å². The van der Waals surface area contributed by atoms with Crippen LogP contribution in [0.2, 0.25) is 0 Å². The van der Waals surface area contributed by atoms with Crippen LogP contribution in [-0.4, -0.2) is 12.6 Å². The van der Waals surface area contributed by atoms with Crippen LogP contribution in [0.3, 0.4) is 0 Å². The molecule has 0 aliphatic heterocycles. The van der Waals surface area contributed by atoms with Crippen molar-refractivity contribution in [2.45, 2.75) is 59.3 Å². The number of hydrogen-bond acceptors (Lipinski definition) is 2. The molecule has 0 radical (unpaired) electrons. The fourth-order valence-electron chi connectivity index (χ4n) is 1.60.